The Labute approximate surface area is 196 Å². The van der Waals surface area contributed by atoms with Crippen LogP contribution in [-0.2, 0) is 11.2 Å². The Kier molecular flexibility index (Phi) is 6.53. The van der Waals surface area contributed by atoms with Crippen molar-refractivity contribution in [3.63, 3.8) is 0 Å². The maximum Gasteiger partial charge on any atom is 0.259 e. The molecule has 0 unspecified atom stereocenters. The lowest BCUT2D eigenvalue weighted by molar-refractivity contribution is -0.117. The molecule has 166 valence electrons. The number of benzene rings is 2. The average Bonchev–Trinajstić information content (AvgIpc) is 3.52. The number of anilines is 2. The number of amides is 2. The molecule has 1 saturated carbocycles. The van der Waals surface area contributed by atoms with Crippen LogP contribution in [-0.4, -0.2) is 18.9 Å². The number of rotatable bonds is 7. The minimum atomic E-state index is -0.254. The molecule has 4 rings (SSSR count). The highest BCUT2D eigenvalue weighted by Crippen LogP contribution is 2.48. The lowest BCUT2D eigenvalue weighted by Crippen LogP contribution is -2.19. The van der Waals surface area contributed by atoms with Gasteiger partial charge in [0.2, 0.25) is 5.91 Å². The van der Waals surface area contributed by atoms with Gasteiger partial charge in [-0.05, 0) is 61.1 Å². The van der Waals surface area contributed by atoms with Gasteiger partial charge in [0.05, 0.1) is 18.4 Å². The van der Waals surface area contributed by atoms with Gasteiger partial charge in [0.25, 0.3) is 5.91 Å². The number of ether oxygens (including phenoxy) is 1. The molecule has 32 heavy (non-hydrogen) atoms. The van der Waals surface area contributed by atoms with Gasteiger partial charge in [-0.25, -0.2) is 0 Å². The number of nitrogens with one attached hydrogen (secondary N) is 2. The highest BCUT2D eigenvalue weighted by atomic mass is 35.5. The van der Waals surface area contributed by atoms with Crippen molar-refractivity contribution >= 4 is 45.4 Å². The largest absolute Gasteiger partial charge is 0.495 e. The SMILES string of the molecule is CCc1c(C)sc(NC(=O)[C@@H]2C[C@H]2c2ccc(Cl)cc2)c1C(=O)Nc1ccccc1OC. The molecule has 0 spiro atoms. The first kappa shape index (κ1) is 22.4. The zero-order valence-corrected chi connectivity index (χ0v) is 19.8. The lowest BCUT2D eigenvalue weighted by atomic mass is 10.1. The number of aryl methyl sites for hydroxylation is 1. The highest BCUT2D eigenvalue weighted by molar-refractivity contribution is 7.16. The van der Waals surface area contributed by atoms with Crippen LogP contribution in [0, 0.1) is 12.8 Å². The topological polar surface area (TPSA) is 67.4 Å². The molecule has 2 amide bonds. The third-order valence-corrected chi connectivity index (χ3v) is 7.12. The molecule has 0 bridgehead atoms. The zero-order chi connectivity index (χ0) is 22.8. The third-order valence-electron chi connectivity index (χ3n) is 5.81. The van der Waals surface area contributed by atoms with E-state index in [9.17, 15) is 9.59 Å². The summed E-state index contributed by atoms with van der Waals surface area (Å²) in [5.41, 5.74) is 3.18. The van der Waals surface area contributed by atoms with Crippen LogP contribution >= 0.6 is 22.9 Å². The molecule has 3 aromatic rings. The summed E-state index contributed by atoms with van der Waals surface area (Å²) in [5.74, 6) is 0.357. The van der Waals surface area contributed by atoms with Crippen LogP contribution in [0.15, 0.2) is 48.5 Å². The summed E-state index contributed by atoms with van der Waals surface area (Å²) in [6.45, 7) is 3.99. The second-order valence-corrected chi connectivity index (χ2v) is 9.50. The smallest absolute Gasteiger partial charge is 0.259 e. The minimum absolute atomic E-state index is 0.0554. The Morgan fingerprint density at radius 2 is 1.84 bits per heavy atom. The van der Waals surface area contributed by atoms with Crippen molar-refractivity contribution in [3.05, 3.63) is 75.1 Å². The summed E-state index contributed by atoms with van der Waals surface area (Å²) in [5, 5.41) is 7.26. The van der Waals surface area contributed by atoms with Crippen LogP contribution in [0.1, 0.15) is 45.6 Å². The van der Waals surface area contributed by atoms with Crippen molar-refractivity contribution in [2.75, 3.05) is 17.7 Å². The van der Waals surface area contributed by atoms with E-state index < -0.39 is 0 Å². The van der Waals surface area contributed by atoms with E-state index in [1.165, 1.54) is 11.3 Å². The molecule has 0 radical (unpaired) electrons. The van der Waals surface area contributed by atoms with Crippen molar-refractivity contribution in [2.24, 2.45) is 5.92 Å². The Morgan fingerprint density at radius 1 is 1.12 bits per heavy atom. The number of thiophene rings is 1. The van der Waals surface area contributed by atoms with Crippen molar-refractivity contribution in [2.45, 2.75) is 32.6 Å². The molecule has 2 aromatic carbocycles. The maximum absolute atomic E-state index is 13.3. The van der Waals surface area contributed by atoms with Gasteiger partial charge >= 0.3 is 0 Å². The van der Waals surface area contributed by atoms with Crippen LogP contribution in [0.25, 0.3) is 0 Å². The van der Waals surface area contributed by atoms with Gasteiger partial charge < -0.3 is 15.4 Å². The number of hydrogen-bond donors (Lipinski definition) is 2. The molecule has 0 saturated heterocycles. The standard InChI is InChI=1S/C25H25ClN2O3S/c1-4-17-14(2)32-25(22(17)24(30)27-20-7-5-6-8-21(20)31-3)28-23(29)19-13-18(19)15-9-11-16(26)12-10-15/h5-12,18-19H,4,13H2,1-3H3,(H,27,30)(H,28,29)/t18-,19+/m0/s1. The van der Waals surface area contributed by atoms with Crippen LogP contribution in [0.3, 0.4) is 0 Å². The summed E-state index contributed by atoms with van der Waals surface area (Å²) in [7, 11) is 1.57. The summed E-state index contributed by atoms with van der Waals surface area (Å²) < 4.78 is 5.35. The molecule has 2 N–H and O–H groups in total. The second kappa shape index (κ2) is 9.35. The van der Waals surface area contributed by atoms with Crippen LogP contribution < -0.4 is 15.4 Å². The quantitative estimate of drug-likeness (QED) is 0.429. The molecular weight excluding hydrogens is 444 g/mol. The van der Waals surface area contributed by atoms with Gasteiger partial charge in [-0.3, -0.25) is 9.59 Å². The Bertz CT molecular complexity index is 1160. The summed E-state index contributed by atoms with van der Waals surface area (Å²) in [6.07, 6.45) is 1.49. The van der Waals surface area contributed by atoms with Gasteiger partial charge in [-0.1, -0.05) is 42.8 Å². The fourth-order valence-corrected chi connectivity index (χ4v) is 5.30. The number of methoxy groups -OCH3 is 1. The Hall–Kier alpha value is -2.83. The van der Waals surface area contributed by atoms with Gasteiger partial charge in [-0.2, -0.15) is 0 Å². The van der Waals surface area contributed by atoms with Gasteiger partial charge in [-0.15, -0.1) is 11.3 Å². The highest BCUT2D eigenvalue weighted by Gasteiger charge is 2.44. The molecule has 1 aliphatic carbocycles. The molecule has 2 atom stereocenters. The number of hydrogen-bond acceptors (Lipinski definition) is 4. The van der Waals surface area contributed by atoms with E-state index in [1.807, 2.05) is 50.2 Å². The predicted octanol–water partition coefficient (Wildman–Crippen LogP) is 6.28. The van der Waals surface area contributed by atoms with E-state index in [0.717, 1.165) is 22.4 Å². The van der Waals surface area contributed by atoms with E-state index >= 15 is 0 Å². The zero-order valence-electron chi connectivity index (χ0n) is 18.2. The van der Waals surface area contributed by atoms with Crippen molar-refractivity contribution < 1.29 is 14.3 Å². The van der Waals surface area contributed by atoms with Gasteiger partial charge in [0, 0.05) is 15.8 Å². The molecule has 5 nitrogen and oxygen atoms in total. The maximum atomic E-state index is 13.3. The number of halogens is 1. The van der Waals surface area contributed by atoms with E-state index in [4.69, 9.17) is 16.3 Å². The first-order valence-corrected chi connectivity index (χ1v) is 11.7. The fourth-order valence-electron chi connectivity index (χ4n) is 4.03. The first-order valence-electron chi connectivity index (χ1n) is 10.6. The van der Waals surface area contributed by atoms with Crippen molar-refractivity contribution in [1.82, 2.24) is 0 Å². The van der Waals surface area contributed by atoms with Crippen molar-refractivity contribution in [1.29, 1.82) is 0 Å². The van der Waals surface area contributed by atoms with E-state index in [0.29, 0.717) is 33.4 Å². The van der Waals surface area contributed by atoms with Crippen LogP contribution in [0.5, 0.6) is 5.75 Å². The van der Waals surface area contributed by atoms with Crippen LogP contribution in [0.2, 0.25) is 5.02 Å². The summed E-state index contributed by atoms with van der Waals surface area (Å²) in [4.78, 5) is 27.3. The summed E-state index contributed by atoms with van der Waals surface area (Å²) >= 11 is 7.42. The molecule has 1 aromatic heterocycles. The van der Waals surface area contributed by atoms with Gasteiger partial charge in [0.1, 0.15) is 10.8 Å². The van der Waals surface area contributed by atoms with E-state index in [1.54, 1.807) is 19.2 Å². The molecule has 1 heterocycles. The molecular formula is C25H25ClN2O3S. The molecule has 0 aliphatic heterocycles. The number of carbonyl (C=O) groups is 2. The molecule has 1 fully saturated rings. The van der Waals surface area contributed by atoms with E-state index in [2.05, 4.69) is 10.6 Å². The number of carbonyl (C=O) groups excluding carboxylic acids is 2. The lowest BCUT2D eigenvalue weighted by Gasteiger charge is -2.12. The normalized spacial score (nSPS) is 17.0. The third kappa shape index (κ3) is 4.52. The Morgan fingerprint density at radius 3 is 2.53 bits per heavy atom. The summed E-state index contributed by atoms with van der Waals surface area (Å²) in [6, 6.07) is 14.9. The number of para-hydroxylation sites is 2. The van der Waals surface area contributed by atoms with Gasteiger partial charge in [0.15, 0.2) is 0 Å². The molecule has 1 aliphatic rings. The second-order valence-electron chi connectivity index (χ2n) is 7.84. The van der Waals surface area contributed by atoms with Crippen LogP contribution in [0.4, 0.5) is 10.7 Å². The fraction of sp³-hybridized carbons (Fsp3) is 0.280. The minimum Gasteiger partial charge on any atom is -0.495 e. The average molecular weight is 469 g/mol. The first-order chi connectivity index (χ1) is 15.4. The monoisotopic (exact) mass is 468 g/mol. The Balaban J connectivity index is 1.54. The van der Waals surface area contributed by atoms with E-state index in [-0.39, 0.29) is 23.7 Å². The molecule has 7 heteroatoms. The van der Waals surface area contributed by atoms with Crippen molar-refractivity contribution in [3.8, 4) is 5.75 Å². The predicted molar refractivity (Wildman–Crippen MR) is 130 cm³/mol.